The maximum absolute atomic E-state index is 9.63. The molecule has 3 nitrogen and oxygen atoms in total. The van der Waals surface area contributed by atoms with Crippen molar-refractivity contribution in [3.63, 3.8) is 0 Å². The summed E-state index contributed by atoms with van der Waals surface area (Å²) in [6, 6.07) is 0. The fourth-order valence-corrected chi connectivity index (χ4v) is 0.921. The first-order chi connectivity index (χ1) is 4.27. The predicted molar refractivity (Wildman–Crippen MR) is 32.2 cm³/mol. The van der Waals surface area contributed by atoms with Gasteiger partial charge in [-0.2, -0.15) is 0 Å². The summed E-state index contributed by atoms with van der Waals surface area (Å²) in [5.41, 5.74) is 1.99. The van der Waals surface area contributed by atoms with Gasteiger partial charge in [0.2, 0.25) is 0 Å². The summed E-state index contributed by atoms with van der Waals surface area (Å²) in [6.45, 7) is 1.97. The molecular weight excluding hydrogens is 118 g/mol. The third kappa shape index (κ3) is 1.42. The molecule has 0 aromatic heterocycles. The molecular formula is C6H10NO2. The second kappa shape index (κ2) is 2.35. The minimum Gasteiger partial charge on any atom is -0.267 e. The molecule has 1 amide bonds. The Bertz CT molecular complexity index is 110. The van der Waals surface area contributed by atoms with Crippen LogP contribution in [0.25, 0.3) is 0 Å². The van der Waals surface area contributed by atoms with Crippen molar-refractivity contribution < 1.29 is 9.63 Å². The van der Waals surface area contributed by atoms with Crippen LogP contribution in [-0.4, -0.2) is 12.0 Å². The first kappa shape index (κ1) is 6.55. The maximum Gasteiger partial charge on any atom is 0.335 e. The van der Waals surface area contributed by atoms with Crippen LogP contribution >= 0.6 is 0 Å². The topological polar surface area (TPSA) is 38.3 Å². The minimum atomic E-state index is -0.0998. The second-order valence-electron chi connectivity index (χ2n) is 2.61. The quantitative estimate of drug-likeness (QED) is 0.444. The Morgan fingerprint density at radius 1 is 1.67 bits per heavy atom. The summed E-state index contributed by atoms with van der Waals surface area (Å²) in [4.78, 5) is 14.6. The van der Waals surface area contributed by atoms with Crippen molar-refractivity contribution in [1.29, 1.82) is 0 Å². The van der Waals surface area contributed by atoms with E-state index in [2.05, 4.69) is 5.48 Å². The van der Waals surface area contributed by atoms with Gasteiger partial charge in [-0.3, -0.25) is 9.63 Å². The molecule has 1 saturated carbocycles. The lowest BCUT2D eigenvalue weighted by Crippen LogP contribution is -2.40. The fourth-order valence-electron chi connectivity index (χ4n) is 0.921. The van der Waals surface area contributed by atoms with Crippen LogP contribution in [0, 0.1) is 0 Å². The summed E-state index contributed by atoms with van der Waals surface area (Å²) in [7, 11) is 0. The molecule has 0 spiro atoms. The van der Waals surface area contributed by atoms with Gasteiger partial charge >= 0.3 is 6.41 Å². The Morgan fingerprint density at radius 3 is 2.67 bits per heavy atom. The zero-order chi connectivity index (χ0) is 6.74. The van der Waals surface area contributed by atoms with E-state index in [1.165, 1.54) is 12.8 Å². The molecule has 3 heteroatoms. The zero-order valence-corrected chi connectivity index (χ0v) is 5.44. The highest BCUT2D eigenvalue weighted by Crippen LogP contribution is 2.33. The van der Waals surface area contributed by atoms with Crippen LogP contribution in [0.2, 0.25) is 0 Å². The molecule has 0 atom stereocenters. The molecule has 1 N–H and O–H groups in total. The largest absolute Gasteiger partial charge is 0.335 e. The van der Waals surface area contributed by atoms with Gasteiger partial charge in [-0.15, -0.1) is 0 Å². The predicted octanol–water partition coefficient (Wildman–Crippen LogP) is 0.517. The van der Waals surface area contributed by atoms with Crippen molar-refractivity contribution in [2.75, 3.05) is 0 Å². The van der Waals surface area contributed by atoms with Gasteiger partial charge in [-0.1, -0.05) is 0 Å². The molecule has 0 bridgehead atoms. The van der Waals surface area contributed by atoms with Gasteiger partial charge < -0.3 is 0 Å². The molecule has 1 radical (unpaired) electrons. The average Bonchev–Trinajstić information content (AvgIpc) is 1.79. The second-order valence-corrected chi connectivity index (χ2v) is 2.61. The highest BCUT2D eigenvalue weighted by molar-refractivity contribution is 5.45. The van der Waals surface area contributed by atoms with Crippen molar-refractivity contribution in [2.24, 2.45) is 0 Å². The molecule has 0 aromatic rings. The number of rotatable bonds is 3. The number of hydroxylamine groups is 1. The normalized spacial score (nSPS) is 22.3. The average molecular weight is 128 g/mol. The van der Waals surface area contributed by atoms with E-state index in [0.717, 1.165) is 12.8 Å². The third-order valence-corrected chi connectivity index (χ3v) is 1.75. The maximum atomic E-state index is 9.63. The number of nitrogens with one attached hydrogen (secondary N) is 1. The standard InChI is InChI=1S/C6H10NO2/c1-6(3-2-4-6)9-7-5-8/h2-4H2,1H3,(H,7,8). The van der Waals surface area contributed by atoms with E-state index in [-0.39, 0.29) is 5.60 Å². The van der Waals surface area contributed by atoms with E-state index in [1.807, 2.05) is 6.92 Å². The van der Waals surface area contributed by atoms with Crippen LogP contribution in [-0.2, 0) is 9.63 Å². The van der Waals surface area contributed by atoms with Gasteiger partial charge in [-0.25, -0.2) is 5.48 Å². The Morgan fingerprint density at radius 2 is 2.33 bits per heavy atom. The summed E-state index contributed by atoms with van der Waals surface area (Å²) in [5.74, 6) is 0. The van der Waals surface area contributed by atoms with Crippen LogP contribution in [0.15, 0.2) is 0 Å². The van der Waals surface area contributed by atoms with Gasteiger partial charge in [0, 0.05) is 0 Å². The lowest BCUT2D eigenvalue weighted by molar-refractivity contribution is -0.117. The summed E-state index contributed by atoms with van der Waals surface area (Å²) < 4.78 is 0. The molecule has 1 aliphatic rings. The van der Waals surface area contributed by atoms with Gasteiger partial charge in [-0.05, 0) is 26.2 Å². The van der Waals surface area contributed by atoms with E-state index >= 15 is 0 Å². The van der Waals surface area contributed by atoms with Gasteiger partial charge in [0.05, 0.1) is 5.60 Å². The lowest BCUT2D eigenvalue weighted by atomic mass is 9.82. The molecule has 0 saturated heterocycles. The third-order valence-electron chi connectivity index (χ3n) is 1.75. The van der Waals surface area contributed by atoms with Crippen molar-refractivity contribution in [1.82, 2.24) is 5.48 Å². The smallest absolute Gasteiger partial charge is 0.267 e. The van der Waals surface area contributed by atoms with E-state index in [1.54, 1.807) is 0 Å². The van der Waals surface area contributed by atoms with Crippen molar-refractivity contribution in [2.45, 2.75) is 31.8 Å². The molecule has 1 aliphatic carbocycles. The molecule has 0 unspecified atom stereocenters. The van der Waals surface area contributed by atoms with Crippen LogP contribution < -0.4 is 5.48 Å². The highest BCUT2D eigenvalue weighted by Gasteiger charge is 2.33. The van der Waals surface area contributed by atoms with Crippen molar-refractivity contribution in [3.8, 4) is 0 Å². The first-order valence-corrected chi connectivity index (χ1v) is 3.07. The summed E-state index contributed by atoms with van der Waals surface area (Å²) >= 11 is 0. The Kier molecular flexibility index (Phi) is 1.71. The number of carbonyl (C=O) groups excluding carboxylic acids is 1. The van der Waals surface area contributed by atoms with Gasteiger partial charge in [0.1, 0.15) is 0 Å². The van der Waals surface area contributed by atoms with Crippen LogP contribution in [0.5, 0.6) is 0 Å². The monoisotopic (exact) mass is 128 g/mol. The Balaban J connectivity index is 2.16. The number of amides is 1. The SMILES string of the molecule is CC1(ON[C]=O)CCC1. The fraction of sp³-hybridized carbons (Fsp3) is 0.833. The molecule has 1 fully saturated rings. The molecule has 51 valence electrons. The van der Waals surface area contributed by atoms with E-state index < -0.39 is 0 Å². The van der Waals surface area contributed by atoms with Crippen LogP contribution in [0.3, 0.4) is 0 Å². The number of hydrogen-bond donors (Lipinski definition) is 1. The summed E-state index contributed by atoms with van der Waals surface area (Å²) in [6.07, 6.45) is 4.72. The van der Waals surface area contributed by atoms with Crippen LogP contribution in [0.1, 0.15) is 26.2 Å². The van der Waals surface area contributed by atoms with Crippen molar-refractivity contribution >= 4 is 6.41 Å². The molecule has 0 aliphatic heterocycles. The summed E-state index contributed by atoms with van der Waals surface area (Å²) in [5, 5.41) is 0. The lowest BCUT2D eigenvalue weighted by Gasteiger charge is -2.36. The van der Waals surface area contributed by atoms with E-state index in [9.17, 15) is 4.79 Å². The zero-order valence-electron chi connectivity index (χ0n) is 5.44. The van der Waals surface area contributed by atoms with Gasteiger partial charge in [0.25, 0.3) is 0 Å². The van der Waals surface area contributed by atoms with E-state index in [4.69, 9.17) is 4.84 Å². The molecule has 9 heavy (non-hydrogen) atoms. The first-order valence-electron chi connectivity index (χ1n) is 3.07. The Hall–Kier alpha value is -0.570. The van der Waals surface area contributed by atoms with Gasteiger partial charge in [0.15, 0.2) is 0 Å². The molecule has 0 aromatic carbocycles. The minimum absolute atomic E-state index is 0.0998. The van der Waals surface area contributed by atoms with E-state index in [0.29, 0.717) is 0 Å². The molecule has 1 rings (SSSR count). The van der Waals surface area contributed by atoms with Crippen LogP contribution in [0.4, 0.5) is 0 Å². The number of hydrogen-bond acceptors (Lipinski definition) is 2. The molecule has 0 heterocycles. The Labute approximate surface area is 54.3 Å². The highest BCUT2D eigenvalue weighted by atomic mass is 16.7. The van der Waals surface area contributed by atoms with Crippen molar-refractivity contribution in [3.05, 3.63) is 0 Å².